The van der Waals surface area contributed by atoms with E-state index < -0.39 is 0 Å². The van der Waals surface area contributed by atoms with Crippen molar-refractivity contribution in [1.82, 2.24) is 10.3 Å². The number of fused-ring (bicyclic) bond motifs is 1. The fourth-order valence-corrected chi connectivity index (χ4v) is 3.70. The van der Waals surface area contributed by atoms with Gasteiger partial charge in [-0.05, 0) is 36.6 Å². The van der Waals surface area contributed by atoms with Gasteiger partial charge in [0.15, 0.2) is 0 Å². The van der Waals surface area contributed by atoms with Crippen molar-refractivity contribution in [3.05, 3.63) is 52.5 Å². The minimum absolute atomic E-state index is 0.0236. The van der Waals surface area contributed by atoms with Crippen LogP contribution in [0.4, 0.5) is 0 Å². The van der Waals surface area contributed by atoms with E-state index in [2.05, 4.69) is 47.6 Å². The van der Waals surface area contributed by atoms with Gasteiger partial charge in [-0.3, -0.25) is 4.79 Å². The van der Waals surface area contributed by atoms with E-state index in [1.54, 1.807) is 0 Å². The van der Waals surface area contributed by atoms with E-state index in [4.69, 9.17) is 0 Å². The second-order valence-corrected chi connectivity index (χ2v) is 6.66. The van der Waals surface area contributed by atoms with Gasteiger partial charge in [-0.2, -0.15) is 0 Å². The molecule has 4 heteroatoms. The highest BCUT2D eigenvalue weighted by atomic mass is 32.1. The van der Waals surface area contributed by atoms with Crippen LogP contribution >= 0.6 is 11.3 Å². The second kappa shape index (κ2) is 6.50. The molecule has 1 aromatic heterocycles. The van der Waals surface area contributed by atoms with Gasteiger partial charge in [-0.15, -0.1) is 11.3 Å². The molecule has 0 saturated heterocycles. The summed E-state index contributed by atoms with van der Waals surface area (Å²) in [4.78, 5) is 17.6. The van der Waals surface area contributed by atoms with Crippen molar-refractivity contribution in [2.45, 2.75) is 27.2 Å². The van der Waals surface area contributed by atoms with E-state index in [1.807, 2.05) is 19.9 Å². The molecule has 2 aromatic carbocycles. The summed E-state index contributed by atoms with van der Waals surface area (Å²) in [5.41, 5.74) is 3.13. The van der Waals surface area contributed by atoms with Crippen molar-refractivity contribution in [3.8, 4) is 10.6 Å². The van der Waals surface area contributed by atoms with Gasteiger partial charge in [0.2, 0.25) is 0 Å². The van der Waals surface area contributed by atoms with E-state index in [9.17, 15) is 4.79 Å². The summed E-state index contributed by atoms with van der Waals surface area (Å²) in [5.74, 6) is -0.0236. The summed E-state index contributed by atoms with van der Waals surface area (Å²) in [6.45, 7) is 6.75. The lowest BCUT2D eigenvalue weighted by molar-refractivity contribution is 0.0957. The maximum absolute atomic E-state index is 12.2. The molecule has 0 spiro atoms. The van der Waals surface area contributed by atoms with E-state index in [1.165, 1.54) is 27.7 Å². The van der Waals surface area contributed by atoms with Crippen LogP contribution in [0.5, 0.6) is 0 Å². The third-order valence-electron chi connectivity index (χ3n) is 3.91. The van der Waals surface area contributed by atoms with Crippen LogP contribution < -0.4 is 5.32 Å². The zero-order valence-corrected chi connectivity index (χ0v) is 14.5. The smallest absolute Gasteiger partial charge is 0.263 e. The van der Waals surface area contributed by atoms with Crippen molar-refractivity contribution in [3.63, 3.8) is 0 Å². The Morgan fingerprint density at radius 3 is 2.61 bits per heavy atom. The van der Waals surface area contributed by atoms with E-state index in [-0.39, 0.29) is 5.91 Å². The predicted molar refractivity (Wildman–Crippen MR) is 97.2 cm³/mol. The summed E-state index contributed by atoms with van der Waals surface area (Å²) >= 11 is 1.47. The molecule has 0 aliphatic carbocycles. The molecule has 0 saturated carbocycles. The number of thiazole rings is 1. The maximum Gasteiger partial charge on any atom is 0.263 e. The number of rotatable bonds is 4. The number of carbonyl (C=O) groups is 1. The zero-order valence-electron chi connectivity index (χ0n) is 13.6. The first-order chi connectivity index (χ1) is 11.1. The van der Waals surface area contributed by atoms with Crippen LogP contribution in [0.3, 0.4) is 0 Å². The molecule has 118 valence electrons. The zero-order chi connectivity index (χ0) is 16.4. The van der Waals surface area contributed by atoms with Crippen molar-refractivity contribution in [2.75, 3.05) is 6.54 Å². The fraction of sp³-hybridized carbons (Fsp3) is 0.263. The van der Waals surface area contributed by atoms with Gasteiger partial charge in [-0.25, -0.2) is 4.98 Å². The Morgan fingerprint density at radius 2 is 1.87 bits per heavy atom. The number of nitrogens with zero attached hydrogens (tertiary/aromatic N) is 1. The normalized spacial score (nSPS) is 10.9. The standard InChI is InChI=1S/C19H20N2OS/c1-4-11-20-18(22)17-13(3)21-19(23-17)16-10-9-12(2)14-7-5-6-8-15(14)16/h5-10H,4,11H2,1-3H3,(H,20,22). The minimum Gasteiger partial charge on any atom is -0.351 e. The van der Waals surface area contributed by atoms with Crippen LogP contribution in [-0.4, -0.2) is 17.4 Å². The Bertz CT molecular complexity index is 867. The number of hydrogen-bond donors (Lipinski definition) is 1. The second-order valence-electron chi connectivity index (χ2n) is 5.67. The van der Waals surface area contributed by atoms with Gasteiger partial charge < -0.3 is 5.32 Å². The third kappa shape index (κ3) is 2.99. The highest BCUT2D eigenvalue weighted by Crippen LogP contribution is 2.34. The average molecular weight is 324 g/mol. The van der Waals surface area contributed by atoms with E-state index in [0.29, 0.717) is 11.4 Å². The molecule has 0 bridgehead atoms. The van der Waals surface area contributed by atoms with Crippen LogP contribution in [0, 0.1) is 13.8 Å². The van der Waals surface area contributed by atoms with Gasteiger partial charge >= 0.3 is 0 Å². The van der Waals surface area contributed by atoms with Crippen molar-refractivity contribution in [2.24, 2.45) is 0 Å². The van der Waals surface area contributed by atoms with Gasteiger partial charge in [-0.1, -0.05) is 43.3 Å². The molecule has 3 rings (SSSR count). The molecule has 0 atom stereocenters. The van der Waals surface area contributed by atoms with Gasteiger partial charge in [0.25, 0.3) is 5.91 Å². The molecule has 0 radical (unpaired) electrons. The van der Waals surface area contributed by atoms with Crippen LogP contribution in [0.15, 0.2) is 36.4 Å². The van der Waals surface area contributed by atoms with Gasteiger partial charge in [0.05, 0.1) is 5.69 Å². The molecule has 0 aliphatic rings. The molecule has 1 amide bonds. The number of aryl methyl sites for hydroxylation is 2. The molecule has 23 heavy (non-hydrogen) atoms. The first-order valence-corrected chi connectivity index (χ1v) is 8.67. The summed E-state index contributed by atoms with van der Waals surface area (Å²) in [6, 6.07) is 12.6. The third-order valence-corrected chi connectivity index (χ3v) is 5.10. The summed E-state index contributed by atoms with van der Waals surface area (Å²) in [7, 11) is 0. The van der Waals surface area contributed by atoms with Gasteiger partial charge in [0.1, 0.15) is 9.88 Å². The Labute approximate surface area is 140 Å². The Kier molecular flexibility index (Phi) is 4.44. The lowest BCUT2D eigenvalue weighted by Crippen LogP contribution is -2.23. The number of aromatic nitrogens is 1. The first-order valence-electron chi connectivity index (χ1n) is 7.86. The number of carbonyl (C=O) groups excluding carboxylic acids is 1. The summed E-state index contributed by atoms with van der Waals surface area (Å²) in [5, 5.41) is 6.25. The topological polar surface area (TPSA) is 42.0 Å². The molecular formula is C19H20N2OS. The number of benzene rings is 2. The molecule has 1 heterocycles. The van der Waals surface area contributed by atoms with Crippen molar-refractivity contribution < 1.29 is 4.79 Å². The molecule has 3 nitrogen and oxygen atoms in total. The van der Waals surface area contributed by atoms with Crippen LogP contribution in [0.25, 0.3) is 21.3 Å². The first kappa shape index (κ1) is 15.7. The van der Waals surface area contributed by atoms with Gasteiger partial charge in [0, 0.05) is 12.1 Å². The molecule has 0 aliphatic heterocycles. The Morgan fingerprint density at radius 1 is 1.13 bits per heavy atom. The quantitative estimate of drug-likeness (QED) is 0.754. The predicted octanol–water partition coefficient (Wildman–Crippen LogP) is 4.72. The fourth-order valence-electron chi connectivity index (χ4n) is 2.68. The molecule has 0 unspecified atom stereocenters. The number of hydrogen-bond acceptors (Lipinski definition) is 3. The van der Waals surface area contributed by atoms with Crippen molar-refractivity contribution in [1.29, 1.82) is 0 Å². The number of nitrogens with one attached hydrogen (secondary N) is 1. The molecule has 3 aromatic rings. The average Bonchev–Trinajstić information content (AvgIpc) is 2.95. The van der Waals surface area contributed by atoms with Crippen LogP contribution in [-0.2, 0) is 0 Å². The van der Waals surface area contributed by atoms with Crippen LogP contribution in [0.2, 0.25) is 0 Å². The summed E-state index contributed by atoms with van der Waals surface area (Å²) < 4.78 is 0. The highest BCUT2D eigenvalue weighted by molar-refractivity contribution is 7.17. The maximum atomic E-state index is 12.2. The minimum atomic E-state index is -0.0236. The largest absolute Gasteiger partial charge is 0.351 e. The molecule has 1 N–H and O–H groups in total. The lowest BCUT2D eigenvalue weighted by Gasteiger charge is -2.06. The van der Waals surface area contributed by atoms with Crippen LogP contribution in [0.1, 0.15) is 34.3 Å². The lowest BCUT2D eigenvalue weighted by atomic mass is 10.0. The Hall–Kier alpha value is -2.20. The summed E-state index contributed by atoms with van der Waals surface area (Å²) in [6.07, 6.45) is 0.930. The number of amides is 1. The monoisotopic (exact) mass is 324 g/mol. The highest BCUT2D eigenvalue weighted by Gasteiger charge is 2.17. The van der Waals surface area contributed by atoms with Crippen molar-refractivity contribution >= 4 is 28.0 Å². The van der Waals surface area contributed by atoms with E-state index in [0.717, 1.165) is 22.7 Å². The molecular weight excluding hydrogens is 304 g/mol. The Balaban J connectivity index is 2.07. The SMILES string of the molecule is CCCNC(=O)c1sc(-c2ccc(C)c3ccccc23)nc1C. The van der Waals surface area contributed by atoms with E-state index >= 15 is 0 Å². The molecule has 0 fully saturated rings.